The molecule has 0 aromatic carbocycles. The first kappa shape index (κ1) is 12.9. The number of aryl methyl sites for hydroxylation is 2. The lowest BCUT2D eigenvalue weighted by atomic mass is 10.1. The van der Waals surface area contributed by atoms with Gasteiger partial charge in [-0.3, -0.25) is 9.58 Å². The first-order valence-corrected chi connectivity index (χ1v) is 6.47. The van der Waals surface area contributed by atoms with E-state index in [1.165, 1.54) is 5.56 Å². The molecule has 1 fully saturated rings. The van der Waals surface area contributed by atoms with Crippen molar-refractivity contribution < 1.29 is 0 Å². The Labute approximate surface area is 108 Å². The topological polar surface area (TPSA) is 24.3 Å². The van der Waals surface area contributed by atoms with Gasteiger partial charge in [0.15, 0.2) is 0 Å². The Morgan fingerprint density at radius 3 is 2.59 bits per heavy atom. The summed E-state index contributed by atoms with van der Waals surface area (Å²) in [6.07, 6.45) is 0. The van der Waals surface area contributed by atoms with E-state index in [-0.39, 0.29) is 0 Å². The summed E-state index contributed by atoms with van der Waals surface area (Å²) in [7, 11) is 4.08. The van der Waals surface area contributed by atoms with E-state index in [1.807, 2.05) is 14.0 Å². The molecule has 1 aromatic heterocycles. The maximum absolute atomic E-state index is 6.26. The van der Waals surface area contributed by atoms with E-state index in [9.17, 15) is 0 Å². The van der Waals surface area contributed by atoms with Gasteiger partial charge in [0, 0.05) is 44.8 Å². The first-order chi connectivity index (χ1) is 7.99. The van der Waals surface area contributed by atoms with E-state index in [1.54, 1.807) is 4.68 Å². The summed E-state index contributed by atoms with van der Waals surface area (Å²) >= 11 is 6.26. The summed E-state index contributed by atoms with van der Waals surface area (Å²) in [5.41, 5.74) is 2.22. The van der Waals surface area contributed by atoms with Gasteiger partial charge in [-0.2, -0.15) is 5.10 Å². The van der Waals surface area contributed by atoms with Crippen molar-refractivity contribution in [3.05, 3.63) is 16.4 Å². The summed E-state index contributed by atoms with van der Waals surface area (Å²) in [4.78, 5) is 4.86. The number of halogens is 1. The maximum atomic E-state index is 6.26. The highest BCUT2D eigenvalue weighted by Crippen LogP contribution is 2.21. The average molecular weight is 257 g/mol. The third kappa shape index (κ3) is 2.64. The maximum Gasteiger partial charge on any atom is 0.131 e. The summed E-state index contributed by atoms with van der Waals surface area (Å²) in [6, 6.07) is 0.611. The molecule has 0 N–H and O–H groups in total. The van der Waals surface area contributed by atoms with Crippen LogP contribution in [0.5, 0.6) is 0 Å². The van der Waals surface area contributed by atoms with E-state index in [2.05, 4.69) is 28.9 Å². The van der Waals surface area contributed by atoms with Crippen molar-refractivity contribution >= 4 is 11.6 Å². The molecule has 2 rings (SSSR count). The molecule has 1 aliphatic rings. The summed E-state index contributed by atoms with van der Waals surface area (Å²) < 4.78 is 1.76. The van der Waals surface area contributed by atoms with Gasteiger partial charge in [-0.15, -0.1) is 0 Å². The van der Waals surface area contributed by atoms with E-state index in [4.69, 9.17) is 11.6 Å². The molecule has 17 heavy (non-hydrogen) atoms. The van der Waals surface area contributed by atoms with E-state index in [0.717, 1.165) is 37.0 Å². The molecule has 0 amide bonds. The summed E-state index contributed by atoms with van der Waals surface area (Å²) in [5.74, 6) is 0. The lowest BCUT2D eigenvalue weighted by Crippen LogP contribution is -2.49. The molecule has 0 spiro atoms. The van der Waals surface area contributed by atoms with E-state index < -0.39 is 0 Å². The van der Waals surface area contributed by atoms with Gasteiger partial charge in [-0.05, 0) is 20.9 Å². The van der Waals surface area contributed by atoms with Crippen molar-refractivity contribution in [3.63, 3.8) is 0 Å². The van der Waals surface area contributed by atoms with Crippen molar-refractivity contribution in [3.8, 4) is 0 Å². The molecule has 1 aliphatic heterocycles. The Hall–Kier alpha value is -0.580. The summed E-state index contributed by atoms with van der Waals surface area (Å²) in [6.45, 7) is 8.53. The molecule has 2 heterocycles. The number of aromatic nitrogens is 2. The van der Waals surface area contributed by atoms with Crippen molar-refractivity contribution in [2.24, 2.45) is 7.05 Å². The van der Waals surface area contributed by atoms with Crippen molar-refractivity contribution in [2.75, 3.05) is 26.7 Å². The molecular weight excluding hydrogens is 236 g/mol. The zero-order valence-corrected chi connectivity index (χ0v) is 11.8. The van der Waals surface area contributed by atoms with Gasteiger partial charge in [0.2, 0.25) is 0 Å². The van der Waals surface area contributed by atoms with Crippen molar-refractivity contribution in [1.29, 1.82) is 0 Å². The van der Waals surface area contributed by atoms with Crippen LogP contribution in [0.1, 0.15) is 18.2 Å². The highest BCUT2D eigenvalue weighted by atomic mass is 35.5. The first-order valence-electron chi connectivity index (χ1n) is 6.09. The Morgan fingerprint density at radius 2 is 2.06 bits per heavy atom. The van der Waals surface area contributed by atoms with Gasteiger partial charge in [0.25, 0.3) is 0 Å². The van der Waals surface area contributed by atoms with Crippen LogP contribution in [0.4, 0.5) is 0 Å². The molecule has 1 saturated heterocycles. The molecule has 0 saturated carbocycles. The number of nitrogens with zero attached hydrogens (tertiary/aromatic N) is 4. The van der Waals surface area contributed by atoms with Crippen LogP contribution in [0.25, 0.3) is 0 Å². The summed E-state index contributed by atoms with van der Waals surface area (Å²) in [5, 5.41) is 5.13. The molecule has 0 radical (unpaired) electrons. The third-order valence-corrected chi connectivity index (χ3v) is 4.17. The smallest absolute Gasteiger partial charge is 0.131 e. The van der Waals surface area contributed by atoms with Crippen LogP contribution in [0.15, 0.2) is 0 Å². The number of likely N-dealkylation sites (N-methyl/N-ethyl adjacent to an activating group) is 1. The monoisotopic (exact) mass is 256 g/mol. The fraction of sp³-hybridized carbons (Fsp3) is 0.750. The largest absolute Gasteiger partial charge is 0.301 e. The zero-order chi connectivity index (χ0) is 12.6. The van der Waals surface area contributed by atoms with Crippen LogP contribution in [0.2, 0.25) is 5.15 Å². The lowest BCUT2D eigenvalue weighted by Gasteiger charge is -2.37. The minimum atomic E-state index is 0.611. The van der Waals surface area contributed by atoms with Crippen LogP contribution in [0, 0.1) is 6.92 Å². The minimum Gasteiger partial charge on any atom is -0.301 e. The van der Waals surface area contributed by atoms with Crippen LogP contribution < -0.4 is 0 Å². The number of piperazine rings is 1. The fourth-order valence-corrected chi connectivity index (χ4v) is 2.58. The number of hydrogen-bond acceptors (Lipinski definition) is 3. The molecule has 96 valence electrons. The van der Waals surface area contributed by atoms with Crippen molar-refractivity contribution in [1.82, 2.24) is 19.6 Å². The average Bonchev–Trinajstić information content (AvgIpc) is 2.50. The van der Waals surface area contributed by atoms with E-state index >= 15 is 0 Å². The second kappa shape index (κ2) is 4.96. The Bertz CT molecular complexity index is 401. The standard InChI is InChI=1S/C12H21ClN4/c1-9-7-17(6-5-15(9)3)8-11-10(2)14-16(4)12(11)13/h9H,5-8H2,1-4H3. The van der Waals surface area contributed by atoms with E-state index in [0.29, 0.717) is 6.04 Å². The van der Waals surface area contributed by atoms with Crippen LogP contribution in [-0.2, 0) is 13.6 Å². The zero-order valence-electron chi connectivity index (χ0n) is 11.1. The van der Waals surface area contributed by atoms with Gasteiger partial charge >= 0.3 is 0 Å². The van der Waals surface area contributed by atoms with Crippen LogP contribution in [0.3, 0.4) is 0 Å². The fourth-order valence-electron chi connectivity index (χ4n) is 2.34. The SMILES string of the molecule is Cc1nn(C)c(Cl)c1CN1CCN(C)C(C)C1. The minimum absolute atomic E-state index is 0.611. The second-order valence-corrected chi connectivity index (χ2v) is 5.40. The highest BCUT2D eigenvalue weighted by molar-refractivity contribution is 6.30. The quantitative estimate of drug-likeness (QED) is 0.802. The number of rotatable bonds is 2. The Balaban J connectivity index is 2.06. The molecule has 0 bridgehead atoms. The third-order valence-electron chi connectivity index (χ3n) is 3.70. The molecule has 0 aliphatic carbocycles. The normalized spacial score (nSPS) is 23.2. The highest BCUT2D eigenvalue weighted by Gasteiger charge is 2.22. The van der Waals surface area contributed by atoms with Gasteiger partial charge in [0.1, 0.15) is 5.15 Å². The molecular formula is C12H21ClN4. The van der Waals surface area contributed by atoms with Gasteiger partial charge in [0.05, 0.1) is 5.69 Å². The van der Waals surface area contributed by atoms with Crippen LogP contribution in [-0.4, -0.2) is 52.3 Å². The van der Waals surface area contributed by atoms with Gasteiger partial charge < -0.3 is 4.90 Å². The molecule has 1 unspecified atom stereocenters. The second-order valence-electron chi connectivity index (χ2n) is 5.04. The number of hydrogen-bond donors (Lipinski definition) is 0. The van der Waals surface area contributed by atoms with Crippen molar-refractivity contribution in [2.45, 2.75) is 26.4 Å². The van der Waals surface area contributed by atoms with Gasteiger partial charge in [-0.25, -0.2) is 0 Å². The Morgan fingerprint density at radius 1 is 1.35 bits per heavy atom. The Kier molecular flexibility index (Phi) is 3.76. The lowest BCUT2D eigenvalue weighted by molar-refractivity contribution is 0.0998. The predicted octanol–water partition coefficient (Wildman–Crippen LogP) is 1.52. The van der Waals surface area contributed by atoms with Crippen LogP contribution >= 0.6 is 11.6 Å². The molecule has 1 aromatic rings. The molecule has 1 atom stereocenters. The molecule has 4 nitrogen and oxygen atoms in total. The van der Waals surface area contributed by atoms with Gasteiger partial charge in [-0.1, -0.05) is 11.6 Å². The molecule has 5 heteroatoms. The predicted molar refractivity (Wildman–Crippen MR) is 70.3 cm³/mol.